The molecular formula is C16H31N3O. The lowest BCUT2D eigenvalue weighted by Gasteiger charge is -2.41. The van der Waals surface area contributed by atoms with E-state index in [1.54, 1.807) is 0 Å². The quantitative estimate of drug-likeness (QED) is 0.827. The Hall–Kier alpha value is -0.610. The molecule has 20 heavy (non-hydrogen) atoms. The molecular weight excluding hydrogens is 250 g/mol. The highest BCUT2D eigenvalue weighted by Crippen LogP contribution is 2.24. The highest BCUT2D eigenvalue weighted by Gasteiger charge is 2.32. The minimum Gasteiger partial charge on any atom is -0.352 e. The molecule has 0 aromatic carbocycles. The van der Waals surface area contributed by atoms with Crippen LogP contribution >= 0.6 is 0 Å². The molecule has 2 aliphatic rings. The lowest BCUT2D eigenvalue weighted by atomic mass is 9.91. The van der Waals surface area contributed by atoms with Gasteiger partial charge in [-0.2, -0.15) is 0 Å². The number of hydrogen-bond donors (Lipinski definition) is 2. The van der Waals surface area contributed by atoms with Crippen LogP contribution in [-0.2, 0) is 4.79 Å². The number of rotatable bonds is 4. The van der Waals surface area contributed by atoms with Gasteiger partial charge in [-0.3, -0.25) is 9.69 Å². The van der Waals surface area contributed by atoms with Gasteiger partial charge >= 0.3 is 0 Å². The van der Waals surface area contributed by atoms with Crippen LogP contribution in [0.25, 0.3) is 0 Å². The van der Waals surface area contributed by atoms with E-state index in [0.717, 1.165) is 31.7 Å². The Labute approximate surface area is 123 Å². The highest BCUT2D eigenvalue weighted by molar-refractivity contribution is 5.81. The first-order chi connectivity index (χ1) is 9.61. The number of carbonyl (C=O) groups is 1. The molecule has 1 aliphatic carbocycles. The van der Waals surface area contributed by atoms with Crippen molar-refractivity contribution in [3.8, 4) is 0 Å². The first kappa shape index (κ1) is 15.8. The van der Waals surface area contributed by atoms with Gasteiger partial charge in [0.05, 0.1) is 6.04 Å². The van der Waals surface area contributed by atoms with E-state index >= 15 is 0 Å². The summed E-state index contributed by atoms with van der Waals surface area (Å²) in [5.74, 6) is 0.929. The van der Waals surface area contributed by atoms with E-state index in [0.29, 0.717) is 18.6 Å². The number of nitrogens with zero attached hydrogens (tertiary/aromatic N) is 1. The summed E-state index contributed by atoms with van der Waals surface area (Å²) in [5.41, 5.74) is 5.90. The van der Waals surface area contributed by atoms with Crippen LogP contribution in [0.5, 0.6) is 0 Å². The largest absolute Gasteiger partial charge is 0.352 e. The molecule has 1 aliphatic heterocycles. The molecule has 116 valence electrons. The second-order valence-corrected chi connectivity index (χ2v) is 6.78. The predicted octanol–water partition coefficient (Wildman–Crippen LogP) is 1.88. The van der Waals surface area contributed by atoms with Gasteiger partial charge in [-0.15, -0.1) is 0 Å². The number of piperidine rings is 1. The first-order valence-corrected chi connectivity index (χ1v) is 8.38. The number of carbonyl (C=O) groups excluding carboxylic acids is 1. The van der Waals surface area contributed by atoms with Gasteiger partial charge in [-0.1, -0.05) is 26.2 Å². The second kappa shape index (κ2) is 7.41. The van der Waals surface area contributed by atoms with Crippen molar-refractivity contribution in [1.29, 1.82) is 0 Å². The fourth-order valence-electron chi connectivity index (χ4n) is 3.73. The predicted molar refractivity (Wildman–Crippen MR) is 82.4 cm³/mol. The number of nitrogens with two attached hydrogens (primary N) is 1. The number of likely N-dealkylation sites (tertiary alicyclic amines) is 1. The number of nitrogens with one attached hydrogen (secondary N) is 1. The van der Waals surface area contributed by atoms with Gasteiger partial charge in [0, 0.05) is 18.6 Å². The van der Waals surface area contributed by atoms with Crippen molar-refractivity contribution in [2.75, 3.05) is 13.1 Å². The lowest BCUT2D eigenvalue weighted by molar-refractivity contribution is -0.128. The zero-order valence-electron chi connectivity index (χ0n) is 13.1. The smallest absolute Gasteiger partial charge is 0.237 e. The van der Waals surface area contributed by atoms with E-state index in [4.69, 9.17) is 5.73 Å². The number of hydrogen-bond acceptors (Lipinski definition) is 3. The monoisotopic (exact) mass is 281 g/mol. The molecule has 0 radical (unpaired) electrons. The molecule has 3 unspecified atom stereocenters. The fraction of sp³-hybridized carbons (Fsp3) is 0.938. The Balaban J connectivity index is 1.88. The third-order valence-corrected chi connectivity index (χ3v) is 5.12. The molecule has 0 aromatic rings. The minimum atomic E-state index is -0.0435. The normalized spacial score (nSPS) is 30.9. The van der Waals surface area contributed by atoms with Crippen LogP contribution in [0.4, 0.5) is 0 Å². The van der Waals surface area contributed by atoms with E-state index in [-0.39, 0.29) is 11.9 Å². The summed E-state index contributed by atoms with van der Waals surface area (Å²) in [6.07, 6.45) is 8.43. The molecule has 3 N–H and O–H groups in total. The zero-order chi connectivity index (χ0) is 14.5. The fourth-order valence-corrected chi connectivity index (χ4v) is 3.73. The van der Waals surface area contributed by atoms with Gasteiger partial charge < -0.3 is 11.1 Å². The van der Waals surface area contributed by atoms with Gasteiger partial charge in [0.15, 0.2) is 0 Å². The van der Waals surface area contributed by atoms with Crippen molar-refractivity contribution in [3.63, 3.8) is 0 Å². The van der Waals surface area contributed by atoms with Crippen LogP contribution in [0, 0.1) is 5.92 Å². The van der Waals surface area contributed by atoms with Gasteiger partial charge in [-0.25, -0.2) is 0 Å². The molecule has 1 saturated heterocycles. The molecule has 1 amide bonds. The molecule has 2 fully saturated rings. The maximum Gasteiger partial charge on any atom is 0.237 e. The van der Waals surface area contributed by atoms with Crippen LogP contribution in [0.3, 0.4) is 0 Å². The molecule has 4 nitrogen and oxygen atoms in total. The molecule has 0 spiro atoms. The first-order valence-electron chi connectivity index (χ1n) is 8.38. The summed E-state index contributed by atoms with van der Waals surface area (Å²) in [6.45, 7) is 5.98. The van der Waals surface area contributed by atoms with E-state index in [1.807, 2.05) is 6.92 Å². The standard InChI is InChI=1S/C16H31N3O/c1-12-8-9-19(15(10-12)11-17)13(2)16(20)18-14-6-4-3-5-7-14/h12-15H,3-11,17H2,1-2H3,(H,18,20). The summed E-state index contributed by atoms with van der Waals surface area (Å²) in [4.78, 5) is 14.8. The number of amides is 1. The van der Waals surface area contributed by atoms with Crippen LogP contribution in [0.15, 0.2) is 0 Å². The average Bonchev–Trinajstić information content (AvgIpc) is 2.47. The Kier molecular flexibility index (Phi) is 5.85. The molecule has 0 aromatic heterocycles. The van der Waals surface area contributed by atoms with E-state index in [1.165, 1.54) is 25.7 Å². The molecule has 1 saturated carbocycles. The van der Waals surface area contributed by atoms with Crippen molar-refractivity contribution in [3.05, 3.63) is 0 Å². The topological polar surface area (TPSA) is 58.4 Å². The Morgan fingerprint density at radius 2 is 2.00 bits per heavy atom. The molecule has 0 bridgehead atoms. The second-order valence-electron chi connectivity index (χ2n) is 6.78. The lowest BCUT2D eigenvalue weighted by Crippen LogP contribution is -2.56. The van der Waals surface area contributed by atoms with E-state index in [2.05, 4.69) is 17.1 Å². The Bertz CT molecular complexity index is 315. The van der Waals surface area contributed by atoms with Gasteiger partial charge in [-0.05, 0) is 45.1 Å². The average molecular weight is 281 g/mol. The maximum absolute atomic E-state index is 12.5. The van der Waals surface area contributed by atoms with Crippen LogP contribution in [0.1, 0.15) is 58.8 Å². The summed E-state index contributed by atoms with van der Waals surface area (Å²) in [7, 11) is 0. The SMILES string of the molecule is CC1CCN(C(C)C(=O)NC2CCCCC2)C(CN)C1. The Morgan fingerprint density at radius 3 is 2.65 bits per heavy atom. The van der Waals surface area contributed by atoms with Crippen molar-refractivity contribution in [1.82, 2.24) is 10.2 Å². The van der Waals surface area contributed by atoms with Gasteiger partial charge in [0.1, 0.15) is 0 Å². The van der Waals surface area contributed by atoms with Crippen molar-refractivity contribution >= 4 is 5.91 Å². The third kappa shape index (κ3) is 3.95. The summed E-state index contributed by atoms with van der Waals surface area (Å²) < 4.78 is 0. The van der Waals surface area contributed by atoms with E-state index < -0.39 is 0 Å². The Morgan fingerprint density at radius 1 is 1.30 bits per heavy atom. The van der Waals surface area contributed by atoms with Crippen LogP contribution in [-0.4, -0.2) is 42.0 Å². The van der Waals surface area contributed by atoms with Gasteiger partial charge in [0.25, 0.3) is 0 Å². The zero-order valence-corrected chi connectivity index (χ0v) is 13.1. The van der Waals surface area contributed by atoms with Crippen molar-refractivity contribution in [2.45, 2.75) is 76.9 Å². The molecule has 3 atom stereocenters. The van der Waals surface area contributed by atoms with Crippen LogP contribution in [0.2, 0.25) is 0 Å². The van der Waals surface area contributed by atoms with Crippen molar-refractivity contribution in [2.24, 2.45) is 11.7 Å². The third-order valence-electron chi connectivity index (χ3n) is 5.12. The summed E-state index contributed by atoms with van der Waals surface area (Å²) in [6, 6.07) is 0.725. The molecule has 2 rings (SSSR count). The minimum absolute atomic E-state index is 0.0435. The molecule has 4 heteroatoms. The van der Waals surface area contributed by atoms with Gasteiger partial charge in [0.2, 0.25) is 5.91 Å². The van der Waals surface area contributed by atoms with Crippen molar-refractivity contribution < 1.29 is 4.79 Å². The van der Waals surface area contributed by atoms with Crippen LogP contribution < -0.4 is 11.1 Å². The highest BCUT2D eigenvalue weighted by atomic mass is 16.2. The maximum atomic E-state index is 12.5. The molecule has 1 heterocycles. The summed E-state index contributed by atoms with van der Waals surface area (Å²) >= 11 is 0. The van der Waals surface area contributed by atoms with E-state index in [9.17, 15) is 4.79 Å². The summed E-state index contributed by atoms with van der Waals surface area (Å²) in [5, 5.41) is 3.25.